The molecule has 0 aliphatic carbocycles. The molecule has 0 radical (unpaired) electrons. The second kappa shape index (κ2) is 8.41. The van der Waals surface area contributed by atoms with Crippen LogP contribution < -0.4 is 10.6 Å². The third-order valence-electron chi connectivity index (χ3n) is 5.30. The average molecular weight is 383 g/mol. The molecule has 4 rings (SSSR count). The highest BCUT2D eigenvalue weighted by molar-refractivity contribution is 5.91. The minimum atomic E-state index is 0.181. The Bertz CT molecular complexity index is 1100. The molecule has 0 saturated carbocycles. The van der Waals surface area contributed by atoms with E-state index in [1.807, 2.05) is 0 Å². The topological polar surface area (TPSA) is 49.8 Å². The van der Waals surface area contributed by atoms with Crippen LogP contribution in [-0.4, -0.2) is 16.5 Å². The number of anilines is 2. The molecule has 0 aliphatic rings. The van der Waals surface area contributed by atoms with Crippen molar-refractivity contribution in [3.8, 4) is 0 Å². The third-order valence-corrected chi connectivity index (χ3v) is 5.30. The Morgan fingerprint density at radius 2 is 1.52 bits per heavy atom. The van der Waals surface area contributed by atoms with Gasteiger partial charge >= 0.3 is 0 Å². The van der Waals surface area contributed by atoms with Crippen molar-refractivity contribution in [2.24, 2.45) is 0 Å². The maximum atomic E-state index is 4.47. The summed E-state index contributed by atoms with van der Waals surface area (Å²) < 4.78 is 0. The molecule has 4 aromatic rings. The van der Waals surface area contributed by atoms with Gasteiger partial charge in [0.15, 0.2) is 0 Å². The number of aryl methyl sites for hydroxylation is 2. The van der Waals surface area contributed by atoms with E-state index in [1.165, 1.54) is 22.3 Å². The van der Waals surface area contributed by atoms with Crippen molar-refractivity contribution < 1.29 is 0 Å². The molecule has 0 bridgehead atoms. The maximum Gasteiger partial charge on any atom is 0.141 e. The summed E-state index contributed by atoms with van der Waals surface area (Å²) >= 11 is 0. The third kappa shape index (κ3) is 4.13. The number of benzene rings is 3. The number of hydrogen-bond acceptors (Lipinski definition) is 4. The monoisotopic (exact) mass is 382 g/mol. The summed E-state index contributed by atoms with van der Waals surface area (Å²) in [5.41, 5.74) is 6.95. The molecule has 0 aliphatic heterocycles. The van der Waals surface area contributed by atoms with E-state index < -0.39 is 0 Å². The highest BCUT2D eigenvalue weighted by Gasteiger charge is 2.13. The first-order valence-corrected chi connectivity index (χ1v) is 10.0. The predicted octanol–water partition coefficient (Wildman–Crippen LogP) is 5.69. The zero-order valence-corrected chi connectivity index (χ0v) is 17.1. The van der Waals surface area contributed by atoms with Gasteiger partial charge in [-0.3, -0.25) is 0 Å². The van der Waals surface area contributed by atoms with Crippen LogP contribution in [0.4, 0.5) is 11.5 Å². The Morgan fingerprint density at radius 1 is 0.828 bits per heavy atom. The number of hydrogen-bond donors (Lipinski definition) is 2. The first kappa shape index (κ1) is 19.1. The van der Waals surface area contributed by atoms with Crippen LogP contribution in [0.1, 0.15) is 35.2 Å². The molecule has 1 atom stereocenters. The lowest BCUT2D eigenvalue weighted by Crippen LogP contribution is -2.21. The standard InChI is InChI=1S/C25H26N4/c1-4-26-24(19-8-6-5-7-9-19)20-10-12-21(13-11-20)29-25-22-14-17(2)18(3)15-23(22)27-16-28-25/h5-16,24,26H,4H2,1-3H3,(H,27,28,29)/t24-/m1/s1. The second-order valence-electron chi connectivity index (χ2n) is 7.32. The normalized spacial score (nSPS) is 12.1. The summed E-state index contributed by atoms with van der Waals surface area (Å²) in [6.45, 7) is 7.27. The van der Waals surface area contributed by atoms with Gasteiger partial charge in [0.2, 0.25) is 0 Å². The molecular weight excluding hydrogens is 356 g/mol. The molecule has 0 amide bonds. The predicted molar refractivity (Wildman–Crippen MR) is 121 cm³/mol. The van der Waals surface area contributed by atoms with Crippen molar-refractivity contribution in [2.45, 2.75) is 26.8 Å². The molecule has 0 spiro atoms. The van der Waals surface area contributed by atoms with Gasteiger partial charge < -0.3 is 10.6 Å². The fraction of sp³-hybridized carbons (Fsp3) is 0.200. The zero-order chi connectivity index (χ0) is 20.2. The van der Waals surface area contributed by atoms with E-state index in [0.717, 1.165) is 29.0 Å². The van der Waals surface area contributed by atoms with Gasteiger partial charge in [-0.1, -0.05) is 49.4 Å². The number of fused-ring (bicyclic) bond motifs is 1. The van der Waals surface area contributed by atoms with Crippen molar-refractivity contribution >= 4 is 22.4 Å². The Hall–Kier alpha value is -3.24. The van der Waals surface area contributed by atoms with Crippen molar-refractivity contribution in [3.63, 3.8) is 0 Å². The van der Waals surface area contributed by atoms with E-state index in [-0.39, 0.29) is 6.04 Å². The Balaban J connectivity index is 1.62. The summed E-state index contributed by atoms with van der Waals surface area (Å²) in [6, 6.07) is 23.5. The van der Waals surface area contributed by atoms with E-state index in [0.29, 0.717) is 0 Å². The van der Waals surface area contributed by atoms with Gasteiger partial charge in [0.05, 0.1) is 11.6 Å². The van der Waals surface area contributed by atoms with Gasteiger partial charge in [0.1, 0.15) is 12.1 Å². The van der Waals surface area contributed by atoms with E-state index in [1.54, 1.807) is 6.33 Å². The molecule has 2 N–H and O–H groups in total. The SMILES string of the molecule is CCN[C@H](c1ccccc1)c1ccc(Nc2ncnc3cc(C)c(C)cc23)cc1. The molecule has 1 heterocycles. The molecular formula is C25H26N4. The number of rotatable bonds is 6. The van der Waals surface area contributed by atoms with Gasteiger partial charge in [0, 0.05) is 11.1 Å². The summed E-state index contributed by atoms with van der Waals surface area (Å²) in [6.07, 6.45) is 1.62. The van der Waals surface area contributed by atoms with Crippen LogP contribution in [0.5, 0.6) is 0 Å². The second-order valence-corrected chi connectivity index (χ2v) is 7.32. The minimum Gasteiger partial charge on any atom is -0.340 e. The fourth-order valence-electron chi connectivity index (χ4n) is 3.59. The first-order valence-electron chi connectivity index (χ1n) is 10.0. The van der Waals surface area contributed by atoms with Crippen molar-refractivity contribution in [3.05, 3.63) is 95.3 Å². The van der Waals surface area contributed by atoms with Crippen LogP contribution in [0, 0.1) is 13.8 Å². The van der Waals surface area contributed by atoms with Crippen LogP contribution >= 0.6 is 0 Å². The van der Waals surface area contributed by atoms with Gasteiger partial charge in [-0.2, -0.15) is 0 Å². The van der Waals surface area contributed by atoms with E-state index >= 15 is 0 Å². The molecule has 0 saturated heterocycles. The summed E-state index contributed by atoms with van der Waals surface area (Å²) in [4.78, 5) is 8.89. The van der Waals surface area contributed by atoms with Crippen LogP contribution in [-0.2, 0) is 0 Å². The van der Waals surface area contributed by atoms with Crippen molar-refractivity contribution in [2.75, 3.05) is 11.9 Å². The molecule has 1 aromatic heterocycles. The number of nitrogens with zero attached hydrogens (tertiary/aromatic N) is 2. The molecule has 4 nitrogen and oxygen atoms in total. The largest absolute Gasteiger partial charge is 0.340 e. The Kier molecular flexibility index (Phi) is 5.54. The highest BCUT2D eigenvalue weighted by Crippen LogP contribution is 2.27. The van der Waals surface area contributed by atoms with E-state index in [4.69, 9.17) is 0 Å². The molecule has 0 fully saturated rings. The summed E-state index contributed by atoms with van der Waals surface area (Å²) in [7, 11) is 0. The number of aromatic nitrogens is 2. The lowest BCUT2D eigenvalue weighted by molar-refractivity contribution is 0.631. The minimum absolute atomic E-state index is 0.181. The van der Waals surface area contributed by atoms with Crippen LogP contribution in [0.3, 0.4) is 0 Å². The first-order chi connectivity index (χ1) is 14.2. The molecule has 146 valence electrons. The van der Waals surface area contributed by atoms with Gasteiger partial charge in [-0.15, -0.1) is 0 Å². The van der Waals surface area contributed by atoms with E-state index in [2.05, 4.69) is 108 Å². The zero-order valence-electron chi connectivity index (χ0n) is 17.1. The summed E-state index contributed by atoms with van der Waals surface area (Å²) in [5, 5.41) is 8.08. The Morgan fingerprint density at radius 3 is 2.24 bits per heavy atom. The molecule has 0 unspecified atom stereocenters. The van der Waals surface area contributed by atoms with Gasteiger partial charge in [0.25, 0.3) is 0 Å². The van der Waals surface area contributed by atoms with Crippen LogP contribution in [0.25, 0.3) is 10.9 Å². The van der Waals surface area contributed by atoms with Crippen LogP contribution in [0.15, 0.2) is 73.1 Å². The maximum absolute atomic E-state index is 4.47. The lowest BCUT2D eigenvalue weighted by atomic mass is 9.98. The lowest BCUT2D eigenvalue weighted by Gasteiger charge is -2.19. The highest BCUT2D eigenvalue weighted by atomic mass is 15.0. The van der Waals surface area contributed by atoms with Gasteiger partial charge in [-0.05, 0) is 66.9 Å². The fourth-order valence-corrected chi connectivity index (χ4v) is 3.59. The molecule has 3 aromatic carbocycles. The van der Waals surface area contributed by atoms with E-state index in [9.17, 15) is 0 Å². The molecule has 4 heteroatoms. The van der Waals surface area contributed by atoms with Crippen molar-refractivity contribution in [1.82, 2.24) is 15.3 Å². The van der Waals surface area contributed by atoms with Gasteiger partial charge in [-0.25, -0.2) is 9.97 Å². The quantitative estimate of drug-likeness (QED) is 0.450. The van der Waals surface area contributed by atoms with Crippen molar-refractivity contribution in [1.29, 1.82) is 0 Å². The smallest absolute Gasteiger partial charge is 0.141 e. The summed E-state index contributed by atoms with van der Waals surface area (Å²) in [5.74, 6) is 0.831. The Labute approximate surface area is 172 Å². The average Bonchev–Trinajstić information content (AvgIpc) is 2.75. The molecule has 29 heavy (non-hydrogen) atoms. The number of nitrogens with one attached hydrogen (secondary N) is 2. The van der Waals surface area contributed by atoms with Crippen LogP contribution in [0.2, 0.25) is 0 Å².